The predicted octanol–water partition coefficient (Wildman–Crippen LogP) is 0.958. The van der Waals surface area contributed by atoms with Crippen molar-refractivity contribution >= 4 is 33.7 Å². The molecule has 24 heavy (non-hydrogen) atoms. The third-order valence-electron chi connectivity index (χ3n) is 2.89. The summed E-state index contributed by atoms with van der Waals surface area (Å²) in [5.74, 6) is -0.380. The Labute approximate surface area is 146 Å². The van der Waals surface area contributed by atoms with Gasteiger partial charge in [-0.05, 0) is 6.92 Å². The van der Waals surface area contributed by atoms with Gasteiger partial charge in [-0.15, -0.1) is 10.2 Å². The number of rotatable bonds is 9. The minimum atomic E-state index is -2.48. The average molecular weight is 369 g/mol. The summed E-state index contributed by atoms with van der Waals surface area (Å²) in [7, 11) is 0. The first-order valence-corrected chi connectivity index (χ1v) is 9.08. The van der Waals surface area contributed by atoms with Crippen LogP contribution in [0.1, 0.15) is 6.92 Å². The van der Waals surface area contributed by atoms with E-state index in [1.165, 1.54) is 11.3 Å². The van der Waals surface area contributed by atoms with Crippen LogP contribution in [0.2, 0.25) is 0 Å². The summed E-state index contributed by atoms with van der Waals surface area (Å²) in [5, 5.41) is 11.7. The van der Waals surface area contributed by atoms with Crippen LogP contribution >= 0.6 is 11.3 Å². The number of benzene rings is 1. The maximum atomic E-state index is 11.4. The molecule has 0 aliphatic heterocycles. The van der Waals surface area contributed by atoms with Crippen molar-refractivity contribution in [1.29, 1.82) is 0 Å². The van der Waals surface area contributed by atoms with Gasteiger partial charge >= 0.3 is 5.97 Å². The second kappa shape index (κ2) is 9.42. The van der Waals surface area contributed by atoms with E-state index in [4.69, 9.17) is 4.74 Å². The van der Waals surface area contributed by atoms with E-state index >= 15 is 0 Å². The summed E-state index contributed by atoms with van der Waals surface area (Å²) in [4.78, 5) is 11.2. The number of hydrogen-bond acceptors (Lipinski definition) is 8. The molecule has 1 heterocycles. The topological polar surface area (TPSA) is 107 Å². The van der Waals surface area contributed by atoms with Gasteiger partial charge in [-0.1, -0.05) is 41.7 Å². The van der Waals surface area contributed by atoms with E-state index < -0.39 is 11.3 Å². The molecule has 0 amide bonds. The minimum absolute atomic E-state index is 0.0263. The molecule has 10 heteroatoms. The molecule has 0 bridgehead atoms. The van der Waals surface area contributed by atoms with E-state index in [-0.39, 0.29) is 30.7 Å². The second-order valence-corrected chi connectivity index (χ2v) is 6.39. The fourth-order valence-corrected chi connectivity index (χ4v) is 3.31. The van der Waals surface area contributed by atoms with Gasteiger partial charge in [0.05, 0.1) is 13.2 Å². The molecule has 0 aliphatic carbocycles. The summed E-state index contributed by atoms with van der Waals surface area (Å²) >= 11 is -1.29. The first-order valence-electron chi connectivity index (χ1n) is 7.24. The fourth-order valence-electron chi connectivity index (χ4n) is 1.83. The number of nitrogens with zero attached hydrogens (tertiary/aromatic N) is 3. The number of nitrogens with one attached hydrogen (secondary N) is 1. The third-order valence-corrected chi connectivity index (χ3v) is 4.72. The van der Waals surface area contributed by atoms with E-state index in [1.54, 1.807) is 6.92 Å². The molecule has 1 N–H and O–H groups in total. The summed E-state index contributed by atoms with van der Waals surface area (Å²) in [6.07, 6.45) is 0. The SMILES string of the molecule is CCOC(=O)CNCCN(c1nnc(-c2ccccc2)s1)S(=O)[O-]. The standard InChI is InChI=1S/C14H18N4O4S2/c1-2-22-12(19)10-15-8-9-18(24(20)21)14-17-16-13(23-14)11-6-4-3-5-7-11/h3-7,15H,2,8-10H2,1H3,(H,20,21)/p-1. The van der Waals surface area contributed by atoms with Gasteiger partial charge < -0.3 is 14.6 Å². The Morgan fingerprint density at radius 1 is 1.38 bits per heavy atom. The Hall–Kier alpha value is -1.88. The minimum Gasteiger partial charge on any atom is -0.755 e. The highest BCUT2D eigenvalue weighted by Crippen LogP contribution is 2.28. The Kier molecular flexibility index (Phi) is 7.25. The van der Waals surface area contributed by atoms with Crippen molar-refractivity contribution in [3.8, 4) is 10.6 Å². The lowest BCUT2D eigenvalue weighted by Crippen LogP contribution is -2.35. The van der Waals surface area contributed by atoms with E-state index in [2.05, 4.69) is 15.5 Å². The number of hydrogen-bond donors (Lipinski definition) is 1. The van der Waals surface area contributed by atoms with Gasteiger partial charge in [0, 0.05) is 29.9 Å². The molecule has 2 aromatic rings. The molecule has 0 aliphatic rings. The van der Waals surface area contributed by atoms with Crippen LogP contribution in [-0.2, 0) is 20.8 Å². The normalized spacial score (nSPS) is 11.9. The molecule has 1 atom stereocenters. The highest BCUT2D eigenvalue weighted by Gasteiger charge is 2.14. The first-order chi connectivity index (χ1) is 11.6. The number of ether oxygens (including phenoxy) is 1. The zero-order chi connectivity index (χ0) is 17.4. The molecule has 1 aromatic heterocycles. The second-order valence-electron chi connectivity index (χ2n) is 4.56. The maximum Gasteiger partial charge on any atom is 0.319 e. The number of esters is 1. The largest absolute Gasteiger partial charge is 0.755 e. The van der Waals surface area contributed by atoms with Crippen LogP contribution in [0.3, 0.4) is 0 Å². The molecular weight excluding hydrogens is 352 g/mol. The molecule has 130 valence electrons. The van der Waals surface area contributed by atoms with Crippen LogP contribution < -0.4 is 9.62 Å². The lowest BCUT2D eigenvalue weighted by atomic mass is 10.2. The zero-order valence-corrected chi connectivity index (χ0v) is 14.6. The molecule has 2 rings (SSSR count). The highest BCUT2D eigenvalue weighted by atomic mass is 32.2. The molecule has 0 fully saturated rings. The van der Waals surface area contributed by atoms with Gasteiger partial charge in [-0.3, -0.25) is 13.3 Å². The van der Waals surface area contributed by atoms with Crippen molar-refractivity contribution in [2.45, 2.75) is 6.92 Å². The summed E-state index contributed by atoms with van der Waals surface area (Å²) in [6.45, 7) is 2.48. The van der Waals surface area contributed by atoms with Crippen molar-refractivity contribution in [2.75, 3.05) is 30.5 Å². The van der Waals surface area contributed by atoms with Gasteiger partial charge in [0.25, 0.3) is 0 Å². The molecule has 0 saturated carbocycles. The van der Waals surface area contributed by atoms with E-state index in [9.17, 15) is 13.6 Å². The van der Waals surface area contributed by atoms with E-state index in [1.807, 2.05) is 30.3 Å². The molecule has 0 radical (unpaired) electrons. The number of carbonyl (C=O) groups excluding carboxylic acids is 1. The van der Waals surface area contributed by atoms with Crippen LogP contribution in [0.25, 0.3) is 10.6 Å². The monoisotopic (exact) mass is 369 g/mol. The quantitative estimate of drug-likeness (QED) is 0.398. The fraction of sp³-hybridized carbons (Fsp3) is 0.357. The van der Waals surface area contributed by atoms with Crippen LogP contribution in [0.5, 0.6) is 0 Å². The lowest BCUT2D eigenvalue weighted by Gasteiger charge is -2.22. The van der Waals surface area contributed by atoms with Crippen molar-refractivity contribution in [3.63, 3.8) is 0 Å². The Morgan fingerprint density at radius 2 is 2.12 bits per heavy atom. The van der Waals surface area contributed by atoms with Gasteiger partial charge in [0.15, 0.2) is 0 Å². The Bertz CT molecular complexity index is 680. The maximum absolute atomic E-state index is 11.4. The first kappa shape index (κ1) is 18.5. The molecule has 0 spiro atoms. The smallest absolute Gasteiger partial charge is 0.319 e. The van der Waals surface area contributed by atoms with Gasteiger partial charge in [-0.25, -0.2) is 0 Å². The molecule has 1 aromatic carbocycles. The van der Waals surface area contributed by atoms with E-state index in [0.29, 0.717) is 11.6 Å². The summed E-state index contributed by atoms with van der Waals surface area (Å²) in [5.41, 5.74) is 0.873. The molecule has 1 unspecified atom stereocenters. The van der Waals surface area contributed by atoms with Crippen molar-refractivity contribution in [2.24, 2.45) is 0 Å². The third kappa shape index (κ3) is 5.34. The van der Waals surface area contributed by atoms with Crippen LogP contribution in [0.4, 0.5) is 5.13 Å². The lowest BCUT2D eigenvalue weighted by molar-refractivity contribution is -0.141. The molecule has 8 nitrogen and oxygen atoms in total. The van der Waals surface area contributed by atoms with E-state index in [0.717, 1.165) is 9.87 Å². The number of aromatic nitrogens is 2. The van der Waals surface area contributed by atoms with Crippen LogP contribution in [0.15, 0.2) is 30.3 Å². The number of anilines is 1. The molecular formula is C14H17N4O4S2-. The average Bonchev–Trinajstić information content (AvgIpc) is 3.05. The zero-order valence-electron chi connectivity index (χ0n) is 13.0. The predicted molar refractivity (Wildman–Crippen MR) is 91.1 cm³/mol. The number of carbonyl (C=O) groups is 1. The van der Waals surface area contributed by atoms with Crippen LogP contribution in [0, 0.1) is 0 Å². The van der Waals surface area contributed by atoms with Gasteiger partial charge in [0.1, 0.15) is 5.01 Å². The van der Waals surface area contributed by atoms with Crippen molar-refractivity contribution < 1.29 is 18.3 Å². The van der Waals surface area contributed by atoms with Crippen molar-refractivity contribution in [1.82, 2.24) is 15.5 Å². The highest BCUT2D eigenvalue weighted by molar-refractivity contribution is 7.80. The summed E-state index contributed by atoms with van der Waals surface area (Å²) in [6, 6.07) is 9.39. The van der Waals surface area contributed by atoms with Gasteiger partial charge in [0.2, 0.25) is 5.13 Å². The van der Waals surface area contributed by atoms with Gasteiger partial charge in [-0.2, -0.15) is 0 Å². The summed E-state index contributed by atoms with van der Waals surface area (Å²) < 4.78 is 28.7. The Balaban J connectivity index is 1.95. The Morgan fingerprint density at radius 3 is 2.79 bits per heavy atom. The molecule has 0 saturated heterocycles. The van der Waals surface area contributed by atoms with Crippen LogP contribution in [-0.4, -0.2) is 51.2 Å². The van der Waals surface area contributed by atoms with Crippen molar-refractivity contribution in [3.05, 3.63) is 30.3 Å².